The fourth-order valence-corrected chi connectivity index (χ4v) is 4.26. The number of carbonyl (C=O) groups is 1. The molecule has 1 aromatic carbocycles. The molecule has 2 rings (SSSR count). The molecule has 0 amide bonds. The molecule has 0 fully saturated rings. The number of nitrogens with zero attached hydrogens (tertiary/aromatic N) is 2. The van der Waals surface area contributed by atoms with Gasteiger partial charge in [0.25, 0.3) is 0 Å². The molecule has 0 saturated heterocycles. The van der Waals surface area contributed by atoms with Gasteiger partial charge in [0.05, 0.1) is 6.54 Å². The third-order valence-corrected chi connectivity index (χ3v) is 5.92. The van der Waals surface area contributed by atoms with E-state index in [1.807, 2.05) is 0 Å². The lowest BCUT2D eigenvalue weighted by molar-refractivity contribution is -0.659. The van der Waals surface area contributed by atoms with Gasteiger partial charge in [-0.15, -0.1) is 0 Å². The second-order valence-corrected chi connectivity index (χ2v) is 8.72. The summed E-state index contributed by atoms with van der Waals surface area (Å²) in [5.74, 6) is 0.203. The Kier molecular flexibility index (Phi) is 11.7. The van der Waals surface area contributed by atoms with Crippen molar-refractivity contribution in [2.24, 2.45) is 0 Å². The number of imidazole rings is 1. The number of rotatable bonds is 17. The zero-order valence-electron chi connectivity index (χ0n) is 19.0. The van der Waals surface area contributed by atoms with Gasteiger partial charge in [-0.05, 0) is 31.9 Å². The number of hydrogen-bond acceptors (Lipinski definition) is 1. The maximum Gasteiger partial charge on any atom is 0.245 e. The lowest BCUT2D eigenvalue weighted by atomic mass is 10.0. The summed E-state index contributed by atoms with van der Waals surface area (Å²) in [5, 5.41) is 0. The smallest absolute Gasteiger partial charge is 0.245 e. The Morgan fingerprint density at radius 3 is 1.86 bits per heavy atom. The van der Waals surface area contributed by atoms with Gasteiger partial charge in [0.2, 0.25) is 6.33 Å². The van der Waals surface area contributed by atoms with Crippen molar-refractivity contribution in [2.75, 3.05) is 0 Å². The zero-order chi connectivity index (χ0) is 20.7. The molecule has 0 radical (unpaired) electrons. The number of Topliss-reactive ketones (excluding diaryl/α,β-unsaturated/α-hetero) is 1. The maximum atomic E-state index is 11.5. The third kappa shape index (κ3) is 9.14. The van der Waals surface area contributed by atoms with E-state index in [1.165, 1.54) is 95.4 Å². The normalized spacial score (nSPS) is 11.4. The molecule has 3 nitrogen and oxygen atoms in total. The first-order chi connectivity index (χ1) is 14.2. The number of carbonyl (C=O) groups excluding carboxylic acids is 1. The van der Waals surface area contributed by atoms with Gasteiger partial charge in [0, 0.05) is 0 Å². The molecule has 0 saturated carbocycles. The van der Waals surface area contributed by atoms with E-state index in [4.69, 9.17) is 0 Å². The number of fused-ring (bicyclic) bond motifs is 1. The fraction of sp³-hybridized carbons (Fsp3) is 0.692. The Bertz CT molecular complexity index is 704. The molecule has 0 N–H and O–H groups in total. The van der Waals surface area contributed by atoms with Crippen LogP contribution in [0, 0.1) is 0 Å². The molecule has 0 spiro atoms. The molecule has 3 heteroatoms. The standard InChI is InChI=1S/C26H43N2O/c1-3-4-5-6-7-8-9-10-11-12-13-14-15-18-21-27-23-28(22-24(2)29)26-20-17-16-19-25(26)27/h16-17,19-20,23H,3-15,18,21-22H2,1-2H3/q+1. The summed E-state index contributed by atoms with van der Waals surface area (Å²) in [7, 11) is 0. The van der Waals surface area contributed by atoms with Crippen LogP contribution < -0.4 is 4.57 Å². The Balaban J connectivity index is 1.53. The van der Waals surface area contributed by atoms with Crippen LogP contribution in [0.2, 0.25) is 0 Å². The van der Waals surface area contributed by atoms with Crippen LogP contribution in [0.4, 0.5) is 0 Å². The van der Waals surface area contributed by atoms with Crippen molar-refractivity contribution in [1.29, 1.82) is 0 Å². The van der Waals surface area contributed by atoms with Gasteiger partial charge in [-0.1, -0.05) is 96.1 Å². The van der Waals surface area contributed by atoms with Crippen LogP contribution in [0.1, 0.15) is 104 Å². The summed E-state index contributed by atoms with van der Waals surface area (Å²) >= 11 is 0. The number of unbranched alkanes of at least 4 members (excludes halogenated alkanes) is 13. The van der Waals surface area contributed by atoms with Crippen LogP contribution in [0.15, 0.2) is 30.6 Å². The van der Waals surface area contributed by atoms with Gasteiger partial charge in [-0.25, -0.2) is 9.13 Å². The highest BCUT2D eigenvalue weighted by Crippen LogP contribution is 2.15. The van der Waals surface area contributed by atoms with Crippen molar-refractivity contribution in [1.82, 2.24) is 4.57 Å². The summed E-state index contributed by atoms with van der Waals surface area (Å²) in [6.07, 6.45) is 21.6. The zero-order valence-corrected chi connectivity index (χ0v) is 19.0. The first-order valence-corrected chi connectivity index (χ1v) is 12.2. The average Bonchev–Trinajstić information content (AvgIpc) is 3.05. The fourth-order valence-electron chi connectivity index (χ4n) is 4.26. The van der Waals surface area contributed by atoms with Gasteiger partial charge >= 0.3 is 0 Å². The molecule has 1 heterocycles. The number of para-hydroxylation sites is 2. The lowest BCUT2D eigenvalue weighted by Gasteiger charge is -2.03. The van der Waals surface area contributed by atoms with E-state index in [-0.39, 0.29) is 5.78 Å². The van der Waals surface area contributed by atoms with Crippen molar-refractivity contribution in [2.45, 2.75) is 117 Å². The van der Waals surface area contributed by atoms with E-state index in [0.717, 1.165) is 12.1 Å². The van der Waals surface area contributed by atoms with Crippen LogP contribution in [-0.2, 0) is 17.9 Å². The first kappa shape index (κ1) is 23.6. The highest BCUT2D eigenvalue weighted by molar-refractivity contribution is 5.76. The van der Waals surface area contributed by atoms with Crippen LogP contribution in [0.25, 0.3) is 11.0 Å². The first-order valence-electron chi connectivity index (χ1n) is 12.2. The molecular weight excluding hydrogens is 356 g/mol. The third-order valence-electron chi connectivity index (χ3n) is 5.92. The minimum Gasteiger partial charge on any atom is -0.296 e. The van der Waals surface area contributed by atoms with Crippen LogP contribution in [0.3, 0.4) is 0 Å². The molecule has 162 valence electrons. The minimum atomic E-state index is 0.203. The highest BCUT2D eigenvalue weighted by atomic mass is 16.1. The van der Waals surface area contributed by atoms with Crippen LogP contribution in [-0.4, -0.2) is 10.4 Å². The SMILES string of the molecule is CCCCCCCCCCCCCCCCn1c[n+](CC(C)=O)c2ccccc21. The highest BCUT2D eigenvalue weighted by Gasteiger charge is 2.15. The monoisotopic (exact) mass is 399 g/mol. The quantitative estimate of drug-likeness (QED) is 0.208. The average molecular weight is 400 g/mol. The molecule has 0 aliphatic carbocycles. The van der Waals surface area contributed by atoms with E-state index >= 15 is 0 Å². The summed E-state index contributed by atoms with van der Waals surface area (Å²) in [5.41, 5.74) is 2.40. The summed E-state index contributed by atoms with van der Waals surface area (Å²) in [6, 6.07) is 8.41. The Morgan fingerprint density at radius 1 is 0.793 bits per heavy atom. The summed E-state index contributed by atoms with van der Waals surface area (Å²) < 4.78 is 4.40. The Morgan fingerprint density at radius 2 is 1.31 bits per heavy atom. The topological polar surface area (TPSA) is 25.9 Å². The molecule has 0 bridgehead atoms. The Hall–Kier alpha value is -1.64. The number of aromatic nitrogens is 2. The van der Waals surface area contributed by atoms with Crippen molar-refractivity contribution < 1.29 is 9.36 Å². The Labute approximate surface area is 178 Å². The van der Waals surface area contributed by atoms with Gasteiger partial charge < -0.3 is 0 Å². The summed E-state index contributed by atoms with van der Waals surface area (Å²) in [6.45, 7) is 5.45. The van der Waals surface area contributed by atoms with E-state index in [9.17, 15) is 4.79 Å². The van der Waals surface area contributed by atoms with Gasteiger partial charge in [0.1, 0.15) is 6.54 Å². The molecule has 2 aromatic rings. The number of hydrogen-bond donors (Lipinski definition) is 0. The van der Waals surface area contributed by atoms with Crippen LogP contribution in [0.5, 0.6) is 0 Å². The van der Waals surface area contributed by atoms with E-state index in [1.54, 1.807) is 6.92 Å². The molecule has 0 aliphatic rings. The van der Waals surface area contributed by atoms with E-state index < -0.39 is 0 Å². The van der Waals surface area contributed by atoms with Crippen molar-refractivity contribution in [3.63, 3.8) is 0 Å². The summed E-state index contributed by atoms with van der Waals surface area (Å²) in [4.78, 5) is 11.5. The number of aryl methyl sites for hydroxylation is 1. The predicted molar refractivity (Wildman–Crippen MR) is 123 cm³/mol. The second kappa shape index (κ2) is 14.4. The number of benzene rings is 1. The minimum absolute atomic E-state index is 0.203. The van der Waals surface area contributed by atoms with Gasteiger partial charge in [0.15, 0.2) is 16.8 Å². The number of ketones is 1. The predicted octanol–water partition coefficient (Wildman–Crippen LogP) is 7.00. The second-order valence-electron chi connectivity index (χ2n) is 8.72. The lowest BCUT2D eigenvalue weighted by Crippen LogP contribution is -2.35. The molecule has 1 aromatic heterocycles. The molecule has 0 unspecified atom stereocenters. The van der Waals surface area contributed by atoms with Crippen LogP contribution >= 0.6 is 0 Å². The van der Waals surface area contributed by atoms with E-state index in [2.05, 4.69) is 46.7 Å². The van der Waals surface area contributed by atoms with Crippen molar-refractivity contribution >= 4 is 16.8 Å². The van der Waals surface area contributed by atoms with Gasteiger partial charge in [-0.2, -0.15) is 0 Å². The van der Waals surface area contributed by atoms with E-state index in [0.29, 0.717) is 6.54 Å². The van der Waals surface area contributed by atoms with Crippen molar-refractivity contribution in [3.8, 4) is 0 Å². The largest absolute Gasteiger partial charge is 0.296 e. The molecular formula is C26H43N2O+. The molecule has 0 atom stereocenters. The molecule has 0 aliphatic heterocycles. The maximum absolute atomic E-state index is 11.5. The van der Waals surface area contributed by atoms with Gasteiger partial charge in [-0.3, -0.25) is 4.79 Å². The molecule has 29 heavy (non-hydrogen) atoms. The van der Waals surface area contributed by atoms with Crippen molar-refractivity contribution in [3.05, 3.63) is 30.6 Å².